The predicted octanol–water partition coefficient (Wildman–Crippen LogP) is 2.01. The minimum atomic E-state index is -4.42. The van der Waals surface area contributed by atoms with Gasteiger partial charge in [0, 0.05) is 39.5 Å². The lowest BCUT2D eigenvalue weighted by Crippen LogP contribution is -2.27. The van der Waals surface area contributed by atoms with E-state index in [1.54, 1.807) is 11.0 Å². The smallest absolute Gasteiger partial charge is 0.377 e. The quantitative estimate of drug-likeness (QED) is 0.924. The van der Waals surface area contributed by atoms with E-state index < -0.39 is 11.7 Å². The Morgan fingerprint density at radius 2 is 1.76 bits per heavy atom. The molecule has 1 aromatic carbocycles. The average Bonchev–Trinajstić information content (AvgIpc) is 2.88. The van der Waals surface area contributed by atoms with Crippen LogP contribution in [0.4, 0.5) is 18.9 Å². The van der Waals surface area contributed by atoms with Crippen molar-refractivity contribution in [2.45, 2.75) is 24.9 Å². The van der Waals surface area contributed by atoms with Crippen LogP contribution in [-0.2, 0) is 22.2 Å². The Balaban J connectivity index is 2.36. The van der Waals surface area contributed by atoms with Crippen LogP contribution in [0.15, 0.2) is 18.2 Å². The highest BCUT2D eigenvalue weighted by Gasteiger charge is 2.39. The monoisotopic (exact) mass is 304 g/mol. The van der Waals surface area contributed by atoms with Crippen LogP contribution in [0, 0.1) is 0 Å². The average molecular weight is 304 g/mol. The van der Waals surface area contributed by atoms with Crippen LogP contribution in [-0.4, -0.2) is 39.5 Å². The van der Waals surface area contributed by atoms with E-state index >= 15 is 0 Å². The maximum absolute atomic E-state index is 13.2. The number of hydrogen-bond donors (Lipinski definition) is 1. The molecule has 2 N–H and O–H groups in total. The molecule has 1 aliphatic heterocycles. The topological polar surface area (TPSA) is 47.7 Å². The zero-order valence-electron chi connectivity index (χ0n) is 12.0. The predicted molar refractivity (Wildman–Crippen MR) is 73.1 cm³/mol. The van der Waals surface area contributed by atoms with E-state index in [0.29, 0.717) is 18.7 Å². The maximum Gasteiger partial charge on any atom is 0.418 e. The second-order valence-corrected chi connectivity index (χ2v) is 5.01. The van der Waals surface area contributed by atoms with Crippen LogP contribution in [0.2, 0.25) is 0 Å². The highest BCUT2D eigenvalue weighted by atomic mass is 19.4. The second kappa shape index (κ2) is 6.21. The standard InChI is InChI=1S/C14H19F3N2O2/c1-20-12-7-19(8-13(12)21-2)11-4-3-9(6-18)5-10(11)14(15,16)17/h3-5,12-13H,6-8,18H2,1-2H3. The number of nitrogens with zero attached hydrogens (tertiary/aromatic N) is 1. The van der Waals surface area contributed by atoms with Crippen LogP contribution in [0.3, 0.4) is 0 Å². The third-order valence-electron chi connectivity index (χ3n) is 3.76. The Morgan fingerprint density at radius 1 is 1.19 bits per heavy atom. The molecular formula is C14H19F3N2O2. The van der Waals surface area contributed by atoms with Crippen molar-refractivity contribution in [3.05, 3.63) is 29.3 Å². The second-order valence-electron chi connectivity index (χ2n) is 5.01. The molecule has 0 amide bonds. The molecule has 4 nitrogen and oxygen atoms in total. The summed E-state index contributed by atoms with van der Waals surface area (Å²) < 4.78 is 50.3. The van der Waals surface area contributed by atoms with Crippen molar-refractivity contribution >= 4 is 5.69 Å². The molecule has 0 saturated carbocycles. The molecule has 21 heavy (non-hydrogen) atoms. The van der Waals surface area contributed by atoms with E-state index in [1.165, 1.54) is 20.3 Å². The Hall–Kier alpha value is -1.31. The van der Waals surface area contributed by atoms with Crippen LogP contribution < -0.4 is 10.6 Å². The van der Waals surface area contributed by atoms with Gasteiger partial charge in [-0.2, -0.15) is 13.2 Å². The van der Waals surface area contributed by atoms with Gasteiger partial charge in [-0.05, 0) is 17.7 Å². The molecule has 0 aromatic heterocycles. The molecule has 118 valence electrons. The summed E-state index contributed by atoms with van der Waals surface area (Å²) in [5.41, 5.74) is 5.36. The summed E-state index contributed by atoms with van der Waals surface area (Å²) in [5.74, 6) is 0. The molecule has 1 aromatic rings. The van der Waals surface area contributed by atoms with Gasteiger partial charge in [0.1, 0.15) is 12.2 Å². The van der Waals surface area contributed by atoms with Gasteiger partial charge in [0.05, 0.1) is 5.56 Å². The van der Waals surface area contributed by atoms with Gasteiger partial charge in [-0.25, -0.2) is 0 Å². The van der Waals surface area contributed by atoms with Crippen molar-refractivity contribution < 1.29 is 22.6 Å². The third kappa shape index (κ3) is 3.30. The van der Waals surface area contributed by atoms with Gasteiger partial charge in [0.15, 0.2) is 0 Å². The SMILES string of the molecule is COC1CN(c2ccc(CN)cc2C(F)(F)F)CC1OC. The number of hydrogen-bond acceptors (Lipinski definition) is 4. The first-order valence-electron chi connectivity index (χ1n) is 6.61. The third-order valence-corrected chi connectivity index (χ3v) is 3.76. The number of methoxy groups -OCH3 is 2. The molecule has 0 spiro atoms. The van der Waals surface area contributed by atoms with E-state index in [2.05, 4.69) is 0 Å². The summed E-state index contributed by atoms with van der Waals surface area (Å²) in [4.78, 5) is 1.64. The Kier molecular flexibility index (Phi) is 4.75. The van der Waals surface area contributed by atoms with E-state index in [4.69, 9.17) is 15.2 Å². The van der Waals surface area contributed by atoms with Gasteiger partial charge < -0.3 is 20.1 Å². The molecular weight excluding hydrogens is 285 g/mol. The number of ether oxygens (including phenoxy) is 2. The van der Waals surface area contributed by atoms with Crippen LogP contribution in [0.1, 0.15) is 11.1 Å². The molecule has 0 bridgehead atoms. The Morgan fingerprint density at radius 3 is 2.19 bits per heavy atom. The molecule has 1 saturated heterocycles. The number of rotatable bonds is 4. The summed E-state index contributed by atoms with van der Waals surface area (Å²) in [6, 6.07) is 4.19. The first kappa shape index (κ1) is 16.1. The fourth-order valence-corrected chi connectivity index (χ4v) is 2.61. The van der Waals surface area contributed by atoms with E-state index in [0.717, 1.165) is 6.07 Å². The summed E-state index contributed by atoms with van der Waals surface area (Å²) in [7, 11) is 3.06. The molecule has 1 fully saturated rings. The van der Waals surface area contributed by atoms with Gasteiger partial charge in [-0.1, -0.05) is 6.07 Å². The molecule has 1 aliphatic rings. The van der Waals surface area contributed by atoms with Gasteiger partial charge in [-0.15, -0.1) is 0 Å². The summed E-state index contributed by atoms with van der Waals surface area (Å²) >= 11 is 0. The summed E-state index contributed by atoms with van der Waals surface area (Å²) in [6.07, 6.45) is -4.91. The van der Waals surface area contributed by atoms with Gasteiger partial charge in [0.25, 0.3) is 0 Å². The lowest BCUT2D eigenvalue weighted by Gasteiger charge is -2.23. The van der Waals surface area contributed by atoms with Gasteiger partial charge in [-0.3, -0.25) is 0 Å². The van der Waals surface area contributed by atoms with Crippen molar-refractivity contribution in [2.75, 3.05) is 32.2 Å². The molecule has 7 heteroatoms. The van der Waals surface area contributed by atoms with Gasteiger partial charge >= 0.3 is 6.18 Å². The molecule has 0 radical (unpaired) electrons. The normalized spacial score (nSPS) is 22.9. The van der Waals surface area contributed by atoms with Crippen LogP contribution in [0.5, 0.6) is 0 Å². The minimum Gasteiger partial charge on any atom is -0.377 e. The number of halogens is 3. The van der Waals surface area contributed by atoms with Crippen molar-refractivity contribution in [1.82, 2.24) is 0 Å². The van der Waals surface area contributed by atoms with Crippen LogP contribution in [0.25, 0.3) is 0 Å². The van der Waals surface area contributed by atoms with Crippen molar-refractivity contribution in [3.8, 4) is 0 Å². The number of benzene rings is 1. The molecule has 2 atom stereocenters. The zero-order valence-corrected chi connectivity index (χ0v) is 12.0. The fourth-order valence-electron chi connectivity index (χ4n) is 2.61. The van der Waals surface area contributed by atoms with E-state index in [1.807, 2.05) is 0 Å². The fraction of sp³-hybridized carbons (Fsp3) is 0.571. The number of alkyl halides is 3. The zero-order chi connectivity index (χ0) is 15.6. The maximum atomic E-state index is 13.2. The van der Waals surface area contributed by atoms with Crippen molar-refractivity contribution in [2.24, 2.45) is 5.73 Å². The molecule has 1 heterocycles. The van der Waals surface area contributed by atoms with E-state index in [-0.39, 0.29) is 24.4 Å². The lowest BCUT2D eigenvalue weighted by molar-refractivity contribution is -0.137. The Bertz CT molecular complexity index is 482. The number of anilines is 1. The minimum absolute atomic E-state index is 0.0742. The van der Waals surface area contributed by atoms with E-state index in [9.17, 15) is 13.2 Å². The largest absolute Gasteiger partial charge is 0.418 e. The summed E-state index contributed by atoms with van der Waals surface area (Å²) in [5, 5.41) is 0. The number of nitrogens with two attached hydrogens (primary N) is 1. The Labute approximate surface area is 121 Å². The van der Waals surface area contributed by atoms with Crippen molar-refractivity contribution in [1.29, 1.82) is 0 Å². The van der Waals surface area contributed by atoms with Crippen molar-refractivity contribution in [3.63, 3.8) is 0 Å². The molecule has 2 unspecified atom stereocenters. The first-order valence-corrected chi connectivity index (χ1v) is 6.61. The van der Waals surface area contributed by atoms with Crippen LogP contribution >= 0.6 is 0 Å². The molecule has 2 rings (SSSR count). The van der Waals surface area contributed by atoms with Gasteiger partial charge in [0.2, 0.25) is 0 Å². The summed E-state index contributed by atoms with van der Waals surface area (Å²) in [6.45, 7) is 0.796. The first-order chi connectivity index (χ1) is 9.90. The highest BCUT2D eigenvalue weighted by Crippen LogP contribution is 2.38. The molecule has 0 aliphatic carbocycles. The lowest BCUT2D eigenvalue weighted by atomic mass is 10.1. The highest BCUT2D eigenvalue weighted by molar-refractivity contribution is 5.57.